The summed E-state index contributed by atoms with van der Waals surface area (Å²) in [5, 5.41) is 21.1. The van der Waals surface area contributed by atoms with E-state index in [-0.39, 0.29) is 6.61 Å². The fourth-order valence-electron chi connectivity index (χ4n) is 1.36. The molecule has 0 radical (unpaired) electrons. The van der Waals surface area contributed by atoms with E-state index in [4.69, 9.17) is 10.4 Å². The zero-order valence-electron chi connectivity index (χ0n) is 7.12. The average Bonchev–Trinajstić information content (AvgIpc) is 2.64. The molecule has 0 saturated heterocycles. The molecule has 2 nitrogen and oxygen atoms in total. The molecule has 0 aliphatic carbocycles. The van der Waals surface area contributed by atoms with Crippen LogP contribution in [0.3, 0.4) is 0 Å². The van der Waals surface area contributed by atoms with Crippen molar-refractivity contribution in [3.05, 3.63) is 33.1 Å². The van der Waals surface area contributed by atoms with Crippen LogP contribution in [0.15, 0.2) is 22.0 Å². The Hall–Kier alpha value is -0.890. The van der Waals surface area contributed by atoms with E-state index < -0.39 is 0 Å². The van der Waals surface area contributed by atoms with Crippen LogP contribution in [0.1, 0.15) is 11.1 Å². The van der Waals surface area contributed by atoms with Crippen LogP contribution in [0.25, 0.3) is 10.1 Å². The van der Waals surface area contributed by atoms with Crippen molar-refractivity contribution in [3.63, 3.8) is 0 Å². The lowest BCUT2D eigenvalue weighted by Gasteiger charge is -2.03. The second-order valence-electron chi connectivity index (χ2n) is 2.83. The Balaban J connectivity index is 2.89. The number of rotatable bonds is 1. The van der Waals surface area contributed by atoms with Crippen molar-refractivity contribution in [1.82, 2.24) is 0 Å². The van der Waals surface area contributed by atoms with Gasteiger partial charge >= 0.3 is 0 Å². The predicted molar refractivity (Wildman–Crippen MR) is 60.2 cm³/mol. The lowest BCUT2D eigenvalue weighted by Crippen LogP contribution is -1.88. The zero-order chi connectivity index (χ0) is 10.1. The molecule has 1 N–H and O–H groups in total. The first-order chi connectivity index (χ1) is 6.77. The van der Waals surface area contributed by atoms with Gasteiger partial charge in [0.1, 0.15) is 6.07 Å². The quantitative estimate of drug-likeness (QED) is 0.863. The van der Waals surface area contributed by atoms with E-state index in [0.717, 1.165) is 15.6 Å². The van der Waals surface area contributed by atoms with Gasteiger partial charge < -0.3 is 5.11 Å². The number of aliphatic hydroxyl groups excluding tert-OH is 1. The first-order valence-corrected chi connectivity index (χ1v) is 5.64. The maximum atomic E-state index is 9.10. The molecule has 14 heavy (non-hydrogen) atoms. The van der Waals surface area contributed by atoms with Gasteiger partial charge in [-0.05, 0) is 44.4 Å². The highest BCUT2D eigenvalue weighted by atomic mass is 79.9. The van der Waals surface area contributed by atoms with Crippen LogP contribution in [0.5, 0.6) is 0 Å². The van der Waals surface area contributed by atoms with Gasteiger partial charge in [0.25, 0.3) is 0 Å². The van der Waals surface area contributed by atoms with Gasteiger partial charge in [0.15, 0.2) is 0 Å². The molecule has 0 bridgehead atoms. The maximum Gasteiger partial charge on any atom is 0.102 e. The summed E-state index contributed by atoms with van der Waals surface area (Å²) >= 11 is 4.87. The molecule has 70 valence electrons. The summed E-state index contributed by atoms with van der Waals surface area (Å²) in [5.41, 5.74) is 1.37. The van der Waals surface area contributed by atoms with E-state index in [1.54, 1.807) is 0 Å². The summed E-state index contributed by atoms with van der Waals surface area (Å²) in [6.07, 6.45) is 0. The van der Waals surface area contributed by atoms with E-state index in [1.807, 2.05) is 17.5 Å². The van der Waals surface area contributed by atoms with Crippen molar-refractivity contribution in [3.8, 4) is 6.07 Å². The van der Waals surface area contributed by atoms with E-state index >= 15 is 0 Å². The maximum absolute atomic E-state index is 9.10. The molecule has 0 aliphatic rings. The standard InChI is InChI=1S/C10H6BrNOS/c11-9-7(5-13)3-6-1-2-14-10(6)8(9)4-12/h1-3,13H,5H2. The molecular formula is C10H6BrNOS. The van der Waals surface area contributed by atoms with Gasteiger partial charge in [-0.3, -0.25) is 0 Å². The Morgan fingerprint density at radius 1 is 1.57 bits per heavy atom. The Morgan fingerprint density at radius 2 is 2.36 bits per heavy atom. The van der Waals surface area contributed by atoms with Crippen LogP contribution in [-0.2, 0) is 6.61 Å². The minimum absolute atomic E-state index is 0.0545. The molecule has 0 unspecified atom stereocenters. The van der Waals surface area contributed by atoms with Crippen LogP contribution in [0, 0.1) is 11.3 Å². The number of nitrogens with zero attached hydrogens (tertiary/aromatic N) is 1. The Labute approximate surface area is 93.5 Å². The van der Waals surface area contributed by atoms with Crippen LogP contribution in [-0.4, -0.2) is 5.11 Å². The number of thiophene rings is 1. The minimum atomic E-state index is -0.0545. The monoisotopic (exact) mass is 267 g/mol. The number of fused-ring (bicyclic) bond motifs is 1. The lowest BCUT2D eigenvalue weighted by atomic mass is 10.1. The molecule has 1 aromatic carbocycles. The fourth-order valence-corrected chi connectivity index (χ4v) is 2.90. The molecule has 2 rings (SSSR count). The molecule has 1 heterocycles. The second kappa shape index (κ2) is 3.70. The van der Waals surface area contributed by atoms with Crippen LogP contribution < -0.4 is 0 Å². The summed E-state index contributed by atoms with van der Waals surface area (Å²) in [6, 6.07) is 6.00. The molecule has 4 heteroatoms. The normalized spacial score (nSPS) is 10.4. The van der Waals surface area contributed by atoms with Crippen molar-refractivity contribution < 1.29 is 5.11 Å². The van der Waals surface area contributed by atoms with E-state index in [2.05, 4.69) is 22.0 Å². The molecule has 0 fully saturated rings. The third-order valence-corrected chi connectivity index (χ3v) is 3.89. The van der Waals surface area contributed by atoms with Crippen molar-refractivity contribution in [2.24, 2.45) is 0 Å². The van der Waals surface area contributed by atoms with Crippen molar-refractivity contribution in [2.45, 2.75) is 6.61 Å². The zero-order valence-corrected chi connectivity index (χ0v) is 9.52. The number of benzene rings is 1. The highest BCUT2D eigenvalue weighted by Crippen LogP contribution is 2.33. The third-order valence-electron chi connectivity index (χ3n) is 2.04. The van der Waals surface area contributed by atoms with Crippen molar-refractivity contribution in [2.75, 3.05) is 0 Å². The highest BCUT2D eigenvalue weighted by Gasteiger charge is 2.11. The van der Waals surface area contributed by atoms with Gasteiger partial charge in [-0.15, -0.1) is 11.3 Å². The van der Waals surface area contributed by atoms with Gasteiger partial charge in [-0.2, -0.15) is 5.26 Å². The van der Waals surface area contributed by atoms with Gasteiger partial charge in [0.05, 0.1) is 16.9 Å². The van der Waals surface area contributed by atoms with Gasteiger partial charge in [0.2, 0.25) is 0 Å². The molecule has 0 saturated carbocycles. The molecule has 2 aromatic rings. The number of halogens is 1. The lowest BCUT2D eigenvalue weighted by molar-refractivity contribution is 0.281. The van der Waals surface area contributed by atoms with E-state index in [1.165, 1.54) is 11.3 Å². The fraction of sp³-hybridized carbons (Fsp3) is 0.100. The number of hydrogen-bond acceptors (Lipinski definition) is 3. The molecule has 0 atom stereocenters. The van der Waals surface area contributed by atoms with Crippen LogP contribution >= 0.6 is 27.3 Å². The highest BCUT2D eigenvalue weighted by molar-refractivity contribution is 9.10. The van der Waals surface area contributed by atoms with Crippen LogP contribution in [0.4, 0.5) is 0 Å². The predicted octanol–water partition coefficient (Wildman–Crippen LogP) is 3.03. The third kappa shape index (κ3) is 1.34. The van der Waals surface area contributed by atoms with E-state index in [0.29, 0.717) is 10.0 Å². The van der Waals surface area contributed by atoms with Crippen LogP contribution in [0.2, 0.25) is 0 Å². The number of hydrogen-bond donors (Lipinski definition) is 1. The largest absolute Gasteiger partial charge is 0.392 e. The Bertz CT molecular complexity index is 527. The number of aliphatic hydroxyl groups is 1. The molecule has 1 aromatic heterocycles. The van der Waals surface area contributed by atoms with Crippen molar-refractivity contribution in [1.29, 1.82) is 5.26 Å². The van der Waals surface area contributed by atoms with Gasteiger partial charge in [-0.1, -0.05) is 0 Å². The van der Waals surface area contributed by atoms with Gasteiger partial charge in [-0.25, -0.2) is 0 Å². The smallest absolute Gasteiger partial charge is 0.102 e. The Kier molecular flexibility index (Phi) is 2.55. The topological polar surface area (TPSA) is 44.0 Å². The summed E-state index contributed by atoms with van der Waals surface area (Å²) in [6.45, 7) is -0.0545. The molecule has 0 amide bonds. The van der Waals surface area contributed by atoms with Gasteiger partial charge in [0, 0.05) is 4.47 Å². The summed E-state index contributed by atoms with van der Waals surface area (Å²) in [7, 11) is 0. The Morgan fingerprint density at radius 3 is 3.00 bits per heavy atom. The summed E-state index contributed by atoms with van der Waals surface area (Å²) in [5.74, 6) is 0. The summed E-state index contributed by atoms with van der Waals surface area (Å²) in [4.78, 5) is 0. The second-order valence-corrected chi connectivity index (χ2v) is 4.54. The van der Waals surface area contributed by atoms with E-state index in [9.17, 15) is 0 Å². The SMILES string of the molecule is N#Cc1c(Br)c(CO)cc2ccsc12. The van der Waals surface area contributed by atoms with Crippen molar-refractivity contribution >= 4 is 37.4 Å². The molecule has 0 spiro atoms. The number of nitriles is 1. The summed E-state index contributed by atoms with van der Waals surface area (Å²) < 4.78 is 1.68. The first kappa shape index (κ1) is 9.66. The first-order valence-electron chi connectivity index (χ1n) is 3.97. The molecule has 0 aliphatic heterocycles. The molecular weight excluding hydrogens is 262 g/mol. The average molecular weight is 268 g/mol. The minimum Gasteiger partial charge on any atom is -0.392 e.